The summed E-state index contributed by atoms with van der Waals surface area (Å²) >= 11 is 0. The zero-order valence-electron chi connectivity index (χ0n) is 12.9. The Morgan fingerprint density at radius 3 is 2.30 bits per heavy atom. The lowest BCUT2D eigenvalue weighted by Crippen LogP contribution is -2.61. The Hall–Kier alpha value is -1.96. The van der Waals surface area contributed by atoms with E-state index < -0.39 is 21.9 Å². The molecule has 0 aliphatic carbocycles. The fraction of sp³-hybridized carbons (Fsp3) is 0.533. The second-order valence-electron chi connectivity index (χ2n) is 5.89. The number of hydrogen-bond acceptors (Lipinski definition) is 5. The van der Waals surface area contributed by atoms with E-state index in [0.29, 0.717) is 25.1 Å². The number of aromatic nitrogens is 1. The van der Waals surface area contributed by atoms with Crippen molar-refractivity contribution < 1.29 is 18.0 Å². The number of carbonyl (C=O) groups excluding carboxylic acids is 2. The van der Waals surface area contributed by atoms with E-state index in [-0.39, 0.29) is 23.3 Å². The van der Waals surface area contributed by atoms with Gasteiger partial charge in [0.05, 0.1) is 23.6 Å². The van der Waals surface area contributed by atoms with Gasteiger partial charge < -0.3 is 9.80 Å². The predicted octanol–water partition coefficient (Wildman–Crippen LogP) is -0.0584. The number of piperazine rings is 1. The zero-order valence-corrected chi connectivity index (χ0v) is 13.7. The van der Waals surface area contributed by atoms with Gasteiger partial charge in [0.2, 0.25) is 5.91 Å². The van der Waals surface area contributed by atoms with Gasteiger partial charge in [0.15, 0.2) is 9.84 Å². The van der Waals surface area contributed by atoms with Gasteiger partial charge in [0.25, 0.3) is 5.91 Å². The molecule has 0 saturated carbocycles. The number of rotatable bonds is 2. The van der Waals surface area contributed by atoms with Gasteiger partial charge >= 0.3 is 0 Å². The Morgan fingerprint density at radius 2 is 1.70 bits per heavy atom. The number of fused-ring (bicyclic) bond motifs is 1. The summed E-state index contributed by atoms with van der Waals surface area (Å²) in [5.74, 6) is -0.415. The molecule has 0 radical (unpaired) electrons. The van der Waals surface area contributed by atoms with Crippen LogP contribution in [0, 0.1) is 0 Å². The third-order valence-electron chi connectivity index (χ3n) is 4.49. The molecule has 2 fully saturated rings. The molecule has 2 aliphatic heterocycles. The molecule has 0 unspecified atom stereocenters. The average Bonchev–Trinajstić information content (AvgIpc) is 2.88. The summed E-state index contributed by atoms with van der Waals surface area (Å²) in [6, 6.07) is 2.33. The molecule has 7 nitrogen and oxygen atoms in total. The molecular formula is C15H19N3O4S. The number of pyridine rings is 1. The highest BCUT2D eigenvalue weighted by molar-refractivity contribution is 7.91. The molecule has 124 valence electrons. The monoisotopic (exact) mass is 337 g/mol. The first-order valence-electron chi connectivity index (χ1n) is 7.64. The molecule has 3 heterocycles. The number of nitrogens with zero attached hydrogens (tertiary/aromatic N) is 3. The van der Waals surface area contributed by atoms with Gasteiger partial charge in [-0.2, -0.15) is 0 Å². The van der Waals surface area contributed by atoms with Crippen molar-refractivity contribution in [3.63, 3.8) is 0 Å². The highest BCUT2D eigenvalue weighted by atomic mass is 32.2. The molecule has 0 aromatic carbocycles. The van der Waals surface area contributed by atoms with Crippen molar-refractivity contribution in [1.82, 2.24) is 14.8 Å². The van der Waals surface area contributed by atoms with Crippen molar-refractivity contribution in [3.05, 3.63) is 30.1 Å². The van der Waals surface area contributed by atoms with Crippen LogP contribution in [-0.4, -0.2) is 71.7 Å². The molecule has 23 heavy (non-hydrogen) atoms. The number of amides is 2. The van der Waals surface area contributed by atoms with Crippen LogP contribution in [0.1, 0.15) is 23.7 Å². The third kappa shape index (κ3) is 2.95. The van der Waals surface area contributed by atoms with E-state index in [1.54, 1.807) is 28.9 Å². The molecule has 2 aliphatic rings. The van der Waals surface area contributed by atoms with Crippen LogP contribution in [0.3, 0.4) is 0 Å². The SMILES string of the molecule is CCC(=O)N1CCN(C(=O)c2ccncc2)[C@@H]2CS(=O)(=O)C[C@@H]21. The van der Waals surface area contributed by atoms with Gasteiger partial charge in [-0.25, -0.2) is 8.42 Å². The van der Waals surface area contributed by atoms with Crippen LogP contribution < -0.4 is 0 Å². The number of hydrogen-bond donors (Lipinski definition) is 0. The standard InChI is InChI=1S/C15H19N3O4S/c1-2-14(19)17-7-8-18(13-10-23(21,22)9-12(13)17)15(20)11-3-5-16-6-4-11/h3-6,12-13H,2,7-10H2,1H3/t12-,13+/m0/s1. The molecule has 2 atom stereocenters. The first kappa shape index (κ1) is 15.9. The minimum absolute atomic E-state index is 0.0619. The first-order chi connectivity index (χ1) is 10.9. The predicted molar refractivity (Wildman–Crippen MR) is 83.5 cm³/mol. The quantitative estimate of drug-likeness (QED) is 0.754. The van der Waals surface area contributed by atoms with E-state index in [1.807, 2.05) is 0 Å². The van der Waals surface area contributed by atoms with Gasteiger partial charge in [-0.05, 0) is 12.1 Å². The number of carbonyl (C=O) groups is 2. The summed E-state index contributed by atoms with van der Waals surface area (Å²) in [7, 11) is -3.25. The lowest BCUT2D eigenvalue weighted by Gasteiger charge is -2.43. The van der Waals surface area contributed by atoms with Gasteiger partial charge in [-0.15, -0.1) is 0 Å². The summed E-state index contributed by atoms with van der Waals surface area (Å²) in [5, 5.41) is 0. The van der Waals surface area contributed by atoms with Crippen LogP contribution >= 0.6 is 0 Å². The van der Waals surface area contributed by atoms with Crippen LogP contribution in [0.5, 0.6) is 0 Å². The van der Waals surface area contributed by atoms with E-state index in [1.165, 1.54) is 12.4 Å². The van der Waals surface area contributed by atoms with Crippen molar-refractivity contribution in [2.45, 2.75) is 25.4 Å². The van der Waals surface area contributed by atoms with Crippen molar-refractivity contribution in [3.8, 4) is 0 Å². The average molecular weight is 337 g/mol. The molecule has 0 bridgehead atoms. The first-order valence-corrected chi connectivity index (χ1v) is 9.46. The van der Waals surface area contributed by atoms with Gasteiger partial charge in [-0.1, -0.05) is 6.92 Å². The zero-order chi connectivity index (χ0) is 16.6. The molecule has 2 saturated heterocycles. The Balaban J connectivity index is 1.90. The van der Waals surface area contributed by atoms with Gasteiger partial charge in [0.1, 0.15) is 0 Å². The number of sulfone groups is 1. The van der Waals surface area contributed by atoms with Crippen LogP contribution in [-0.2, 0) is 14.6 Å². The van der Waals surface area contributed by atoms with E-state index in [4.69, 9.17) is 0 Å². The highest BCUT2D eigenvalue weighted by Crippen LogP contribution is 2.28. The van der Waals surface area contributed by atoms with Crippen LogP contribution in [0.2, 0.25) is 0 Å². The molecule has 1 aromatic heterocycles. The van der Waals surface area contributed by atoms with E-state index >= 15 is 0 Å². The van der Waals surface area contributed by atoms with Crippen LogP contribution in [0.15, 0.2) is 24.5 Å². The van der Waals surface area contributed by atoms with E-state index in [9.17, 15) is 18.0 Å². The molecule has 0 spiro atoms. The molecule has 0 N–H and O–H groups in total. The minimum atomic E-state index is -3.25. The fourth-order valence-corrected chi connectivity index (χ4v) is 5.36. The van der Waals surface area contributed by atoms with Crippen molar-refractivity contribution >= 4 is 21.7 Å². The second kappa shape index (κ2) is 5.92. The summed E-state index contributed by atoms with van der Waals surface area (Å²) < 4.78 is 24.1. The van der Waals surface area contributed by atoms with Crippen molar-refractivity contribution in [1.29, 1.82) is 0 Å². The Labute approximate surface area is 135 Å². The lowest BCUT2D eigenvalue weighted by molar-refractivity contribution is -0.135. The maximum absolute atomic E-state index is 12.7. The van der Waals surface area contributed by atoms with Crippen LogP contribution in [0.4, 0.5) is 0 Å². The molecule has 1 aromatic rings. The smallest absolute Gasteiger partial charge is 0.254 e. The molecular weight excluding hydrogens is 318 g/mol. The van der Waals surface area contributed by atoms with Crippen molar-refractivity contribution in [2.75, 3.05) is 24.6 Å². The Kier molecular flexibility index (Phi) is 4.09. The van der Waals surface area contributed by atoms with Gasteiger partial charge in [0, 0.05) is 37.5 Å². The second-order valence-corrected chi connectivity index (χ2v) is 8.04. The van der Waals surface area contributed by atoms with Gasteiger partial charge in [-0.3, -0.25) is 14.6 Å². The topological polar surface area (TPSA) is 87.7 Å². The Morgan fingerprint density at radius 1 is 1.13 bits per heavy atom. The lowest BCUT2D eigenvalue weighted by atomic mass is 10.0. The largest absolute Gasteiger partial charge is 0.335 e. The normalized spacial score (nSPS) is 26.0. The van der Waals surface area contributed by atoms with E-state index in [0.717, 1.165) is 0 Å². The maximum atomic E-state index is 12.7. The summed E-state index contributed by atoms with van der Waals surface area (Å²) in [5.41, 5.74) is 0.485. The molecule has 3 rings (SSSR count). The fourth-order valence-electron chi connectivity index (χ4n) is 3.38. The van der Waals surface area contributed by atoms with E-state index in [2.05, 4.69) is 4.98 Å². The summed E-state index contributed by atoms with van der Waals surface area (Å²) in [4.78, 5) is 31.9. The molecule has 8 heteroatoms. The highest BCUT2D eigenvalue weighted by Gasteiger charge is 2.49. The minimum Gasteiger partial charge on any atom is -0.335 e. The van der Waals surface area contributed by atoms with Crippen LogP contribution in [0.25, 0.3) is 0 Å². The third-order valence-corrected chi connectivity index (χ3v) is 6.19. The maximum Gasteiger partial charge on any atom is 0.254 e. The summed E-state index contributed by atoms with van der Waals surface area (Å²) in [6.07, 6.45) is 3.40. The van der Waals surface area contributed by atoms with Crippen molar-refractivity contribution in [2.24, 2.45) is 0 Å². The Bertz CT molecular complexity index is 719. The molecule has 2 amide bonds. The summed E-state index contributed by atoms with van der Waals surface area (Å²) in [6.45, 7) is 2.49.